The molecule has 2 aromatic rings. The fourth-order valence-electron chi connectivity index (χ4n) is 2.02. The molecule has 2 rings (SSSR count). The minimum Gasteiger partial charge on any atom is -0.496 e. The summed E-state index contributed by atoms with van der Waals surface area (Å²) < 4.78 is 7.48. The Balaban J connectivity index is 2.25. The van der Waals surface area contributed by atoms with Gasteiger partial charge in [0.2, 0.25) is 0 Å². The quantitative estimate of drug-likeness (QED) is 0.579. The first-order chi connectivity index (χ1) is 10.3. The van der Waals surface area contributed by atoms with Gasteiger partial charge in [-0.2, -0.15) is 5.26 Å². The molecule has 21 heavy (non-hydrogen) atoms. The van der Waals surface area contributed by atoms with Gasteiger partial charge in [0.15, 0.2) is 11.0 Å². The molecule has 0 fully saturated rings. The van der Waals surface area contributed by atoms with E-state index >= 15 is 0 Å². The number of benzene rings is 1. The van der Waals surface area contributed by atoms with Crippen molar-refractivity contribution < 1.29 is 4.74 Å². The number of nitriles is 1. The molecule has 1 heterocycles. The summed E-state index contributed by atoms with van der Waals surface area (Å²) in [4.78, 5) is 0. The van der Waals surface area contributed by atoms with Crippen LogP contribution in [0.5, 0.6) is 5.75 Å². The molecule has 0 saturated carbocycles. The van der Waals surface area contributed by atoms with Crippen molar-refractivity contribution in [2.75, 3.05) is 12.9 Å². The van der Waals surface area contributed by atoms with Crippen LogP contribution >= 0.6 is 11.8 Å². The lowest BCUT2D eigenvalue weighted by Gasteiger charge is -2.10. The zero-order chi connectivity index (χ0) is 15.1. The normalized spacial score (nSPS) is 10.3. The summed E-state index contributed by atoms with van der Waals surface area (Å²) in [5, 5.41) is 18.0. The second-order valence-electron chi connectivity index (χ2n) is 4.36. The van der Waals surface area contributed by atoms with Crippen molar-refractivity contribution >= 4 is 11.8 Å². The van der Waals surface area contributed by atoms with E-state index in [-0.39, 0.29) is 0 Å². The maximum atomic E-state index is 8.57. The fourth-order valence-corrected chi connectivity index (χ4v) is 2.97. The zero-order valence-corrected chi connectivity index (χ0v) is 13.1. The van der Waals surface area contributed by atoms with Gasteiger partial charge < -0.3 is 9.30 Å². The lowest BCUT2D eigenvalue weighted by atomic mass is 10.2. The number of hydrogen-bond acceptors (Lipinski definition) is 5. The number of ether oxygens (including phenoxy) is 1. The van der Waals surface area contributed by atoms with E-state index in [1.54, 1.807) is 18.9 Å². The summed E-state index contributed by atoms with van der Waals surface area (Å²) in [5.41, 5.74) is 0.943. The predicted molar refractivity (Wildman–Crippen MR) is 83.3 cm³/mol. The van der Waals surface area contributed by atoms with Gasteiger partial charge in [-0.1, -0.05) is 23.9 Å². The smallest absolute Gasteiger partial charge is 0.191 e. The van der Waals surface area contributed by atoms with Crippen LogP contribution in [-0.4, -0.2) is 27.6 Å². The maximum Gasteiger partial charge on any atom is 0.191 e. The minimum atomic E-state index is 0.576. The molecular weight excluding hydrogens is 284 g/mol. The van der Waals surface area contributed by atoms with Gasteiger partial charge >= 0.3 is 0 Å². The van der Waals surface area contributed by atoms with Crippen molar-refractivity contribution in [1.29, 1.82) is 5.26 Å². The molecule has 5 nitrogen and oxygen atoms in total. The van der Waals surface area contributed by atoms with Crippen LogP contribution in [0.4, 0.5) is 0 Å². The average molecular weight is 302 g/mol. The highest BCUT2D eigenvalue weighted by atomic mass is 32.2. The van der Waals surface area contributed by atoms with Crippen LogP contribution < -0.4 is 4.74 Å². The zero-order valence-electron chi connectivity index (χ0n) is 12.2. The van der Waals surface area contributed by atoms with Crippen molar-refractivity contribution in [2.24, 2.45) is 0 Å². The Kier molecular flexibility index (Phi) is 5.64. The van der Waals surface area contributed by atoms with Crippen LogP contribution in [0.1, 0.15) is 19.8 Å². The van der Waals surface area contributed by atoms with E-state index < -0.39 is 0 Å². The van der Waals surface area contributed by atoms with E-state index in [1.807, 2.05) is 24.3 Å². The minimum absolute atomic E-state index is 0.576. The van der Waals surface area contributed by atoms with Gasteiger partial charge in [-0.25, -0.2) is 0 Å². The Morgan fingerprint density at radius 3 is 2.86 bits per heavy atom. The van der Waals surface area contributed by atoms with E-state index in [0.29, 0.717) is 6.42 Å². The number of para-hydroxylation sites is 1. The number of unbranched alkanes of at least 4 members (excludes halogenated alkanes) is 1. The molecule has 0 saturated heterocycles. The van der Waals surface area contributed by atoms with Crippen LogP contribution in [0.2, 0.25) is 0 Å². The monoisotopic (exact) mass is 302 g/mol. The molecular formula is C15H18N4OS. The van der Waals surface area contributed by atoms with E-state index in [2.05, 4.69) is 27.8 Å². The first kappa shape index (κ1) is 15.4. The van der Waals surface area contributed by atoms with Crippen molar-refractivity contribution in [3.05, 3.63) is 24.3 Å². The molecule has 110 valence electrons. The largest absolute Gasteiger partial charge is 0.496 e. The second kappa shape index (κ2) is 7.70. The van der Waals surface area contributed by atoms with Crippen LogP contribution in [0, 0.1) is 11.3 Å². The number of hydrogen-bond donors (Lipinski definition) is 0. The Hall–Kier alpha value is -2.00. The maximum absolute atomic E-state index is 8.57. The van der Waals surface area contributed by atoms with Gasteiger partial charge in [0.05, 0.1) is 18.7 Å². The summed E-state index contributed by atoms with van der Waals surface area (Å²) in [5.74, 6) is 2.48. The highest BCUT2D eigenvalue weighted by Crippen LogP contribution is 2.30. The van der Waals surface area contributed by atoms with Crippen molar-refractivity contribution in [2.45, 2.75) is 31.5 Å². The topological polar surface area (TPSA) is 63.7 Å². The SMILES string of the molecule is CCn1c(SCCCC#N)nnc1-c1ccccc1OC. The van der Waals surface area contributed by atoms with Crippen LogP contribution in [0.25, 0.3) is 11.4 Å². The first-order valence-electron chi connectivity index (χ1n) is 6.88. The average Bonchev–Trinajstić information content (AvgIpc) is 2.94. The lowest BCUT2D eigenvalue weighted by molar-refractivity contribution is 0.416. The molecule has 0 N–H and O–H groups in total. The van der Waals surface area contributed by atoms with E-state index in [9.17, 15) is 0 Å². The van der Waals surface area contributed by atoms with Gasteiger partial charge in [-0.05, 0) is 25.5 Å². The fraction of sp³-hybridized carbons (Fsp3) is 0.400. The molecule has 6 heteroatoms. The Labute approximate surface area is 128 Å². The van der Waals surface area contributed by atoms with Crippen LogP contribution in [0.15, 0.2) is 29.4 Å². The summed E-state index contributed by atoms with van der Waals surface area (Å²) >= 11 is 1.64. The van der Waals surface area contributed by atoms with Gasteiger partial charge in [-0.15, -0.1) is 10.2 Å². The molecule has 0 amide bonds. The number of nitrogens with zero attached hydrogens (tertiary/aromatic N) is 4. The molecule has 0 radical (unpaired) electrons. The third-order valence-electron chi connectivity index (χ3n) is 3.05. The molecule has 0 unspecified atom stereocenters. The Morgan fingerprint density at radius 1 is 1.33 bits per heavy atom. The lowest BCUT2D eigenvalue weighted by Crippen LogP contribution is -2.01. The molecule has 0 spiro atoms. The summed E-state index contributed by atoms with van der Waals surface area (Å²) in [6.07, 6.45) is 1.44. The number of aromatic nitrogens is 3. The van der Waals surface area contributed by atoms with Crippen molar-refractivity contribution in [3.63, 3.8) is 0 Å². The molecule has 1 aromatic heterocycles. The number of rotatable bonds is 7. The third kappa shape index (κ3) is 3.56. The van der Waals surface area contributed by atoms with Crippen LogP contribution in [-0.2, 0) is 6.54 Å². The van der Waals surface area contributed by atoms with Crippen molar-refractivity contribution in [1.82, 2.24) is 14.8 Å². The molecule has 0 aliphatic carbocycles. The van der Waals surface area contributed by atoms with E-state index in [0.717, 1.165) is 41.0 Å². The molecule has 0 atom stereocenters. The Bertz CT molecular complexity index is 633. The molecule has 0 bridgehead atoms. The van der Waals surface area contributed by atoms with Gasteiger partial charge in [-0.3, -0.25) is 0 Å². The summed E-state index contributed by atoms with van der Waals surface area (Å²) in [6.45, 7) is 2.86. The molecule has 1 aromatic carbocycles. The van der Waals surface area contributed by atoms with E-state index in [1.165, 1.54) is 0 Å². The standard InChI is InChI=1S/C15H18N4OS/c1-3-19-14(12-8-4-5-9-13(12)20-2)17-18-15(19)21-11-7-6-10-16/h4-5,8-9H,3,6-7,11H2,1-2H3. The van der Waals surface area contributed by atoms with Gasteiger partial charge in [0.25, 0.3) is 0 Å². The highest BCUT2D eigenvalue weighted by Gasteiger charge is 2.15. The second-order valence-corrected chi connectivity index (χ2v) is 5.42. The Morgan fingerprint density at radius 2 is 2.14 bits per heavy atom. The predicted octanol–water partition coefficient (Wildman–Crippen LogP) is 3.37. The number of thioether (sulfide) groups is 1. The summed E-state index contributed by atoms with van der Waals surface area (Å²) in [6, 6.07) is 9.96. The van der Waals surface area contributed by atoms with Gasteiger partial charge in [0, 0.05) is 18.7 Å². The third-order valence-corrected chi connectivity index (χ3v) is 4.10. The van der Waals surface area contributed by atoms with E-state index in [4.69, 9.17) is 10.00 Å². The number of methoxy groups -OCH3 is 1. The highest BCUT2D eigenvalue weighted by molar-refractivity contribution is 7.99. The molecule has 0 aliphatic rings. The van der Waals surface area contributed by atoms with Crippen molar-refractivity contribution in [3.8, 4) is 23.2 Å². The molecule has 0 aliphatic heterocycles. The van der Waals surface area contributed by atoms with Gasteiger partial charge in [0.1, 0.15) is 5.75 Å². The summed E-state index contributed by atoms with van der Waals surface area (Å²) in [7, 11) is 1.66. The van der Waals surface area contributed by atoms with Crippen LogP contribution in [0.3, 0.4) is 0 Å². The first-order valence-corrected chi connectivity index (χ1v) is 7.86.